The lowest BCUT2D eigenvalue weighted by Gasteiger charge is -2.17. The van der Waals surface area contributed by atoms with E-state index in [-0.39, 0.29) is 18.0 Å². The van der Waals surface area contributed by atoms with E-state index in [0.29, 0.717) is 6.54 Å². The Kier molecular flexibility index (Phi) is 7.40. The second-order valence-electron chi connectivity index (χ2n) is 7.34. The largest absolute Gasteiger partial charge is 0.349 e. The summed E-state index contributed by atoms with van der Waals surface area (Å²) in [6, 6.07) is 23.6. The maximum atomic E-state index is 12.5. The van der Waals surface area contributed by atoms with E-state index in [1.165, 1.54) is 21.6 Å². The van der Waals surface area contributed by atoms with Crippen molar-refractivity contribution >= 4 is 17.2 Å². The van der Waals surface area contributed by atoms with E-state index in [2.05, 4.69) is 90.5 Å². The third kappa shape index (κ3) is 6.04. The zero-order chi connectivity index (χ0) is 19.8. The Labute approximate surface area is 171 Å². The van der Waals surface area contributed by atoms with E-state index in [0.717, 1.165) is 12.8 Å². The van der Waals surface area contributed by atoms with Crippen LogP contribution in [0.2, 0.25) is 0 Å². The van der Waals surface area contributed by atoms with E-state index in [1.54, 1.807) is 11.3 Å². The number of carbonyl (C=O) groups is 1. The first-order chi connectivity index (χ1) is 13.6. The van der Waals surface area contributed by atoms with Crippen LogP contribution in [0.15, 0.2) is 72.1 Å². The molecule has 2 atom stereocenters. The van der Waals surface area contributed by atoms with E-state index >= 15 is 0 Å². The molecule has 2 aromatic carbocycles. The first-order valence-corrected chi connectivity index (χ1v) is 10.8. The van der Waals surface area contributed by atoms with Gasteiger partial charge in [0.25, 0.3) is 5.91 Å². The molecule has 0 unspecified atom stereocenters. The average molecular weight is 394 g/mol. The molecule has 146 valence electrons. The third-order valence-electron chi connectivity index (χ3n) is 4.94. The van der Waals surface area contributed by atoms with Crippen LogP contribution in [0.5, 0.6) is 0 Å². The average Bonchev–Trinajstić information content (AvgIpc) is 3.23. The van der Waals surface area contributed by atoms with Crippen LogP contribution in [0.25, 0.3) is 0 Å². The van der Waals surface area contributed by atoms with Crippen molar-refractivity contribution in [3.05, 3.63) is 93.7 Å². The number of rotatable bonds is 9. The summed E-state index contributed by atoms with van der Waals surface area (Å²) in [6.07, 6.45) is 1.93. The van der Waals surface area contributed by atoms with Crippen molar-refractivity contribution in [3.8, 4) is 0 Å². The van der Waals surface area contributed by atoms with Gasteiger partial charge in [0.1, 0.15) is 6.04 Å². The smallest absolute Gasteiger partial charge is 0.275 e. The Balaban J connectivity index is 1.52. The molecule has 3 rings (SSSR count). The van der Waals surface area contributed by atoms with Gasteiger partial charge in [0.05, 0.1) is 4.88 Å². The highest BCUT2D eigenvalue weighted by atomic mass is 32.1. The van der Waals surface area contributed by atoms with Crippen molar-refractivity contribution in [2.45, 2.75) is 38.8 Å². The molecule has 1 amide bonds. The molecule has 0 saturated heterocycles. The monoisotopic (exact) mass is 393 g/mol. The van der Waals surface area contributed by atoms with Crippen LogP contribution < -0.4 is 10.6 Å². The van der Waals surface area contributed by atoms with Crippen molar-refractivity contribution < 1.29 is 10.1 Å². The molecule has 0 aliphatic rings. The molecule has 0 aliphatic heterocycles. The molecular formula is C24H29N2OS+. The van der Waals surface area contributed by atoms with Gasteiger partial charge in [-0.25, -0.2) is 0 Å². The molecule has 3 N–H and O–H groups in total. The summed E-state index contributed by atoms with van der Waals surface area (Å²) in [5, 5.41) is 7.37. The van der Waals surface area contributed by atoms with Gasteiger partial charge in [0.2, 0.25) is 0 Å². The maximum Gasteiger partial charge on any atom is 0.275 e. The third-order valence-corrected chi connectivity index (χ3v) is 5.90. The van der Waals surface area contributed by atoms with Gasteiger partial charge in [-0.3, -0.25) is 4.79 Å². The minimum Gasteiger partial charge on any atom is -0.349 e. The van der Waals surface area contributed by atoms with Crippen LogP contribution in [0.4, 0.5) is 0 Å². The fourth-order valence-electron chi connectivity index (χ4n) is 3.32. The first kappa shape index (κ1) is 20.3. The minimum atomic E-state index is 0.0919. The van der Waals surface area contributed by atoms with Crippen molar-refractivity contribution in [1.29, 1.82) is 0 Å². The second-order valence-corrected chi connectivity index (χ2v) is 8.32. The summed E-state index contributed by atoms with van der Waals surface area (Å²) in [5.41, 5.74) is 3.80. The topological polar surface area (TPSA) is 45.7 Å². The van der Waals surface area contributed by atoms with Gasteiger partial charge in [0.15, 0.2) is 6.54 Å². The zero-order valence-electron chi connectivity index (χ0n) is 16.6. The summed E-state index contributed by atoms with van der Waals surface area (Å²) < 4.78 is 0. The first-order valence-electron chi connectivity index (χ1n) is 9.88. The number of hydrogen-bond acceptors (Lipinski definition) is 2. The Hall–Kier alpha value is -2.43. The van der Waals surface area contributed by atoms with Crippen LogP contribution in [0, 0.1) is 6.92 Å². The lowest BCUT2D eigenvalue weighted by Crippen LogP contribution is -2.87. The Morgan fingerprint density at radius 1 is 1.04 bits per heavy atom. The summed E-state index contributed by atoms with van der Waals surface area (Å²) >= 11 is 1.74. The van der Waals surface area contributed by atoms with E-state index < -0.39 is 0 Å². The number of carbonyl (C=O) groups excluding carboxylic acids is 1. The van der Waals surface area contributed by atoms with Gasteiger partial charge in [-0.05, 0) is 43.7 Å². The molecule has 1 aromatic heterocycles. The molecule has 1 heterocycles. The van der Waals surface area contributed by atoms with Crippen molar-refractivity contribution in [1.82, 2.24) is 5.32 Å². The van der Waals surface area contributed by atoms with Crippen LogP contribution in [-0.4, -0.2) is 18.5 Å². The molecule has 0 saturated carbocycles. The highest BCUT2D eigenvalue weighted by Crippen LogP contribution is 2.22. The van der Waals surface area contributed by atoms with E-state index in [4.69, 9.17) is 0 Å². The molecule has 0 spiro atoms. The van der Waals surface area contributed by atoms with Gasteiger partial charge in [-0.1, -0.05) is 66.2 Å². The molecule has 3 nitrogen and oxygen atoms in total. The van der Waals surface area contributed by atoms with Gasteiger partial charge >= 0.3 is 0 Å². The molecular weight excluding hydrogens is 364 g/mol. The van der Waals surface area contributed by atoms with Gasteiger partial charge in [-0.15, -0.1) is 11.3 Å². The van der Waals surface area contributed by atoms with Crippen LogP contribution >= 0.6 is 11.3 Å². The highest BCUT2D eigenvalue weighted by Gasteiger charge is 2.20. The van der Waals surface area contributed by atoms with Crippen molar-refractivity contribution in [2.24, 2.45) is 0 Å². The number of nitrogens with two attached hydrogens (primary N) is 1. The standard InChI is InChI=1S/C24H28N2OS/c1-18-10-14-21(15-11-18)24(22-9-6-16-28-22)25-17-23(27)26-19(2)12-13-20-7-4-3-5-8-20/h3-11,14-16,19,24-25H,12-13,17H2,1-2H3,(H,26,27)/p+1/t19-,24+/m0/s1. The highest BCUT2D eigenvalue weighted by molar-refractivity contribution is 7.10. The molecule has 0 radical (unpaired) electrons. The predicted octanol–water partition coefficient (Wildman–Crippen LogP) is 3.85. The number of benzene rings is 2. The predicted molar refractivity (Wildman–Crippen MR) is 117 cm³/mol. The summed E-state index contributed by atoms with van der Waals surface area (Å²) in [4.78, 5) is 13.8. The summed E-state index contributed by atoms with van der Waals surface area (Å²) in [5.74, 6) is 0.0919. The van der Waals surface area contributed by atoms with Crippen LogP contribution in [0.3, 0.4) is 0 Å². The lowest BCUT2D eigenvalue weighted by atomic mass is 10.0. The maximum absolute atomic E-state index is 12.5. The fourth-order valence-corrected chi connectivity index (χ4v) is 4.17. The van der Waals surface area contributed by atoms with E-state index in [9.17, 15) is 4.79 Å². The summed E-state index contributed by atoms with van der Waals surface area (Å²) in [6.45, 7) is 4.60. The molecule has 0 fully saturated rings. The quantitative estimate of drug-likeness (QED) is 0.570. The normalized spacial score (nSPS) is 13.1. The van der Waals surface area contributed by atoms with Gasteiger partial charge < -0.3 is 10.6 Å². The number of nitrogens with one attached hydrogen (secondary N) is 1. The zero-order valence-corrected chi connectivity index (χ0v) is 17.4. The lowest BCUT2D eigenvalue weighted by molar-refractivity contribution is -0.676. The van der Waals surface area contributed by atoms with Crippen molar-refractivity contribution in [2.75, 3.05) is 6.54 Å². The Morgan fingerprint density at radius 2 is 1.79 bits per heavy atom. The number of aryl methyl sites for hydroxylation is 2. The van der Waals surface area contributed by atoms with Gasteiger partial charge in [-0.2, -0.15) is 0 Å². The summed E-state index contributed by atoms with van der Waals surface area (Å²) in [7, 11) is 0. The van der Waals surface area contributed by atoms with Crippen LogP contribution in [0.1, 0.15) is 41.0 Å². The Morgan fingerprint density at radius 3 is 2.46 bits per heavy atom. The second kappa shape index (κ2) is 10.2. The van der Waals surface area contributed by atoms with Crippen LogP contribution in [-0.2, 0) is 11.2 Å². The minimum absolute atomic E-state index is 0.0919. The fraction of sp³-hybridized carbons (Fsp3) is 0.292. The molecule has 4 heteroatoms. The number of hydrogen-bond donors (Lipinski definition) is 2. The Bertz CT molecular complexity index is 844. The number of thiophene rings is 1. The molecule has 0 aliphatic carbocycles. The number of amides is 1. The molecule has 3 aromatic rings. The van der Waals surface area contributed by atoms with Crippen molar-refractivity contribution in [3.63, 3.8) is 0 Å². The molecule has 0 bridgehead atoms. The van der Waals surface area contributed by atoms with Gasteiger partial charge in [0, 0.05) is 11.6 Å². The number of quaternary nitrogens is 1. The SMILES string of the molecule is Cc1ccc([C@@H]([NH2+]CC(=O)N[C@@H](C)CCc2ccccc2)c2cccs2)cc1. The van der Waals surface area contributed by atoms with E-state index in [1.807, 2.05) is 6.07 Å². The molecule has 28 heavy (non-hydrogen) atoms.